The normalized spacial score (nSPS) is 11.1. The van der Waals surface area contributed by atoms with Crippen molar-refractivity contribution in [2.75, 3.05) is 0 Å². The molecule has 2 rings (SSSR count). The highest BCUT2D eigenvalue weighted by Crippen LogP contribution is 2.08. The minimum absolute atomic E-state index is 1.18. The van der Waals surface area contributed by atoms with Gasteiger partial charge in [0.25, 0.3) is 0 Å². The highest BCUT2D eigenvalue weighted by atomic mass is 28.3. The number of rotatable bonds is 4. The summed E-state index contributed by atoms with van der Waals surface area (Å²) in [6.07, 6.45) is 3.77. The largest absolute Gasteiger partial charge is 0.112 e. The fourth-order valence-electron chi connectivity index (χ4n) is 2.24. The van der Waals surface area contributed by atoms with Gasteiger partial charge in [-0.3, -0.25) is 0 Å². The summed E-state index contributed by atoms with van der Waals surface area (Å²) in [5.41, 5.74) is 2.35. The van der Waals surface area contributed by atoms with Crippen molar-refractivity contribution < 1.29 is 0 Å². The van der Waals surface area contributed by atoms with Gasteiger partial charge < -0.3 is 0 Å². The lowest BCUT2D eigenvalue weighted by atomic mass is 10.2. The van der Waals surface area contributed by atoms with Crippen molar-refractivity contribution in [2.24, 2.45) is 0 Å². The molecule has 0 fully saturated rings. The van der Waals surface area contributed by atoms with Crippen LogP contribution in [0.15, 0.2) is 61.7 Å². The van der Waals surface area contributed by atoms with Crippen molar-refractivity contribution >= 4 is 30.6 Å². The van der Waals surface area contributed by atoms with E-state index in [0.717, 1.165) is 0 Å². The van der Waals surface area contributed by atoms with Gasteiger partial charge in [0, 0.05) is 0 Å². The average molecular weight is 264 g/mol. The van der Waals surface area contributed by atoms with Crippen LogP contribution < -0.4 is 10.4 Å². The summed E-state index contributed by atoms with van der Waals surface area (Å²) in [6.45, 7) is 12.4. The zero-order valence-electron chi connectivity index (χ0n) is 11.7. The van der Waals surface area contributed by atoms with Gasteiger partial charge in [0.1, 0.15) is 8.07 Å². The second kappa shape index (κ2) is 5.41. The summed E-state index contributed by atoms with van der Waals surface area (Å²) < 4.78 is 0. The molecule has 0 spiro atoms. The zero-order chi connectivity index (χ0) is 13.9. The van der Waals surface area contributed by atoms with Crippen LogP contribution in [0.4, 0.5) is 0 Å². The summed E-state index contributed by atoms with van der Waals surface area (Å²) in [5, 5.41) is 2.90. The Kier molecular flexibility index (Phi) is 3.86. The summed E-state index contributed by atoms with van der Waals surface area (Å²) >= 11 is 0. The van der Waals surface area contributed by atoms with Crippen LogP contribution in [0, 0.1) is 0 Å². The molecule has 0 aliphatic carbocycles. The average Bonchev–Trinajstić information content (AvgIpc) is 2.47. The second-order valence-electron chi connectivity index (χ2n) is 5.28. The van der Waals surface area contributed by atoms with Crippen LogP contribution >= 0.6 is 0 Å². The lowest BCUT2D eigenvalue weighted by Gasteiger charge is -2.24. The van der Waals surface area contributed by atoms with E-state index < -0.39 is 8.07 Å². The van der Waals surface area contributed by atoms with Gasteiger partial charge in [-0.2, -0.15) is 0 Å². The molecule has 19 heavy (non-hydrogen) atoms. The van der Waals surface area contributed by atoms with Crippen LogP contribution in [-0.2, 0) is 0 Å². The number of hydrogen-bond donors (Lipinski definition) is 0. The maximum atomic E-state index is 3.80. The molecule has 0 bridgehead atoms. The fourth-order valence-corrected chi connectivity index (χ4v) is 4.57. The molecule has 0 aliphatic heterocycles. The smallest absolute Gasteiger partial charge is 0.0985 e. The summed E-state index contributed by atoms with van der Waals surface area (Å²) in [7, 11) is -1.60. The summed E-state index contributed by atoms with van der Waals surface area (Å²) in [5.74, 6) is 0. The van der Waals surface area contributed by atoms with Crippen LogP contribution in [0.5, 0.6) is 0 Å². The highest BCUT2D eigenvalue weighted by molar-refractivity contribution is 7.00. The molecule has 0 radical (unpaired) electrons. The molecule has 1 heteroatoms. The lowest BCUT2D eigenvalue weighted by Crippen LogP contribution is -2.52. The number of benzene rings is 2. The zero-order valence-corrected chi connectivity index (χ0v) is 12.7. The Bertz CT molecular complexity index is 521. The predicted molar refractivity (Wildman–Crippen MR) is 89.8 cm³/mol. The molecule has 0 saturated heterocycles. The molecule has 0 nitrogen and oxygen atoms in total. The Morgan fingerprint density at radius 3 is 1.26 bits per heavy atom. The third kappa shape index (κ3) is 2.77. The van der Waals surface area contributed by atoms with Gasteiger partial charge >= 0.3 is 0 Å². The molecular formula is C18H20Si. The summed E-state index contributed by atoms with van der Waals surface area (Å²) in [6, 6.07) is 17.6. The van der Waals surface area contributed by atoms with Gasteiger partial charge in [-0.1, -0.05) is 97.3 Å². The van der Waals surface area contributed by atoms with Crippen LogP contribution in [-0.4, -0.2) is 8.07 Å². The Balaban J connectivity index is 2.38. The third-order valence-corrected chi connectivity index (χ3v) is 7.29. The van der Waals surface area contributed by atoms with Crippen LogP contribution in [0.3, 0.4) is 0 Å². The first-order valence-corrected chi connectivity index (χ1v) is 9.54. The van der Waals surface area contributed by atoms with Crippen LogP contribution in [0.1, 0.15) is 11.1 Å². The van der Waals surface area contributed by atoms with Gasteiger partial charge in [-0.15, -0.1) is 0 Å². The van der Waals surface area contributed by atoms with Crippen molar-refractivity contribution in [1.82, 2.24) is 0 Å². The summed E-state index contributed by atoms with van der Waals surface area (Å²) in [4.78, 5) is 0. The molecule has 0 N–H and O–H groups in total. The molecule has 0 aliphatic rings. The Morgan fingerprint density at radius 1 is 0.684 bits per heavy atom. The predicted octanol–water partition coefficient (Wildman–Crippen LogP) is 3.80. The minimum Gasteiger partial charge on any atom is -0.0985 e. The third-order valence-electron chi connectivity index (χ3n) is 3.74. The van der Waals surface area contributed by atoms with E-state index in [-0.39, 0.29) is 0 Å². The topological polar surface area (TPSA) is 0 Å². The van der Waals surface area contributed by atoms with Crippen molar-refractivity contribution in [3.63, 3.8) is 0 Å². The van der Waals surface area contributed by atoms with E-state index in [4.69, 9.17) is 0 Å². The quantitative estimate of drug-likeness (QED) is 0.737. The Morgan fingerprint density at radius 2 is 1.00 bits per heavy atom. The van der Waals surface area contributed by atoms with Crippen molar-refractivity contribution in [3.8, 4) is 0 Å². The molecular weight excluding hydrogens is 244 g/mol. The van der Waals surface area contributed by atoms with Gasteiger partial charge in [0.2, 0.25) is 0 Å². The minimum atomic E-state index is -1.60. The van der Waals surface area contributed by atoms with Crippen molar-refractivity contribution in [2.45, 2.75) is 13.1 Å². The Hall–Kier alpha value is -1.86. The van der Waals surface area contributed by atoms with E-state index in [1.807, 2.05) is 12.2 Å². The van der Waals surface area contributed by atoms with Crippen molar-refractivity contribution in [3.05, 3.63) is 72.8 Å². The molecule has 0 atom stereocenters. The first kappa shape index (κ1) is 13.6. The van der Waals surface area contributed by atoms with Crippen LogP contribution in [0.2, 0.25) is 13.1 Å². The molecule has 0 saturated carbocycles. The first-order chi connectivity index (χ1) is 9.07. The standard InChI is InChI=1S/C18H20Si/c1-5-15-7-11-17(12-8-15)19(3,4)18-13-9-16(6-2)10-14-18/h5-14H,1-2H2,3-4H3. The van der Waals surface area contributed by atoms with Crippen LogP contribution in [0.25, 0.3) is 12.2 Å². The second-order valence-corrected chi connectivity index (χ2v) is 9.68. The number of hydrogen-bond acceptors (Lipinski definition) is 0. The molecule has 0 heterocycles. The molecule has 96 valence electrons. The molecule has 0 amide bonds. The van der Waals surface area contributed by atoms with Gasteiger partial charge in [-0.25, -0.2) is 0 Å². The highest BCUT2D eigenvalue weighted by Gasteiger charge is 2.25. The van der Waals surface area contributed by atoms with E-state index in [9.17, 15) is 0 Å². The van der Waals surface area contributed by atoms with E-state index in [1.165, 1.54) is 21.5 Å². The van der Waals surface area contributed by atoms with E-state index >= 15 is 0 Å². The van der Waals surface area contributed by atoms with Gasteiger partial charge in [0.15, 0.2) is 0 Å². The lowest BCUT2D eigenvalue weighted by molar-refractivity contribution is 1.64. The van der Waals surface area contributed by atoms with Crippen molar-refractivity contribution in [1.29, 1.82) is 0 Å². The monoisotopic (exact) mass is 264 g/mol. The van der Waals surface area contributed by atoms with E-state index in [2.05, 4.69) is 74.8 Å². The SMILES string of the molecule is C=Cc1ccc([Si](C)(C)c2ccc(C=C)cc2)cc1. The van der Waals surface area contributed by atoms with E-state index in [0.29, 0.717) is 0 Å². The van der Waals surface area contributed by atoms with E-state index in [1.54, 1.807) is 0 Å². The maximum absolute atomic E-state index is 3.80. The molecule has 2 aromatic carbocycles. The first-order valence-electron chi connectivity index (χ1n) is 6.54. The molecule has 0 aromatic heterocycles. The van der Waals surface area contributed by atoms with Gasteiger partial charge in [0.05, 0.1) is 0 Å². The van der Waals surface area contributed by atoms with Gasteiger partial charge in [-0.05, 0) is 11.1 Å². The fraction of sp³-hybridized carbons (Fsp3) is 0.111. The molecule has 0 unspecified atom stereocenters. The molecule has 2 aromatic rings. The maximum Gasteiger partial charge on any atom is 0.112 e. The Labute approximate surface area is 117 Å².